The molecule has 164 valence electrons. The second kappa shape index (κ2) is 9.27. The molecule has 0 fully saturated rings. The molecule has 2 aromatic carbocycles. The van der Waals surface area contributed by atoms with E-state index in [4.69, 9.17) is 0 Å². The molecule has 0 atom stereocenters. The molecule has 3 aromatic rings. The van der Waals surface area contributed by atoms with Crippen molar-refractivity contribution in [1.29, 1.82) is 0 Å². The molecule has 31 heavy (non-hydrogen) atoms. The highest BCUT2D eigenvalue weighted by Gasteiger charge is 2.16. The molecule has 0 saturated heterocycles. The molecule has 3 N–H and O–H groups in total. The highest BCUT2D eigenvalue weighted by atomic mass is 32.2. The quantitative estimate of drug-likeness (QED) is 0.475. The normalized spacial score (nSPS) is 11.5. The maximum Gasteiger partial charge on any atom is 0.245 e. The van der Waals surface area contributed by atoms with Gasteiger partial charge in [-0.2, -0.15) is 0 Å². The van der Waals surface area contributed by atoms with Gasteiger partial charge in [0.15, 0.2) is 0 Å². The van der Waals surface area contributed by atoms with Gasteiger partial charge >= 0.3 is 0 Å². The average Bonchev–Trinajstić information content (AvgIpc) is 3.04. The van der Waals surface area contributed by atoms with Crippen molar-refractivity contribution in [2.24, 2.45) is 7.05 Å². The van der Waals surface area contributed by atoms with E-state index in [2.05, 4.69) is 20.6 Å². The number of aromatic nitrogens is 2. The Morgan fingerprint density at radius 1 is 1.00 bits per heavy atom. The summed E-state index contributed by atoms with van der Waals surface area (Å²) in [6.07, 6.45) is -0.137. The molecule has 0 bridgehead atoms. The summed E-state index contributed by atoms with van der Waals surface area (Å²) in [5.74, 6) is -0.377. The number of carbonyl (C=O) groups is 2. The van der Waals surface area contributed by atoms with Crippen LogP contribution in [-0.2, 0) is 33.1 Å². The summed E-state index contributed by atoms with van der Waals surface area (Å²) in [5, 5.41) is 0. The molecule has 2 amide bonds. The maximum absolute atomic E-state index is 12.3. The van der Waals surface area contributed by atoms with Crippen molar-refractivity contribution < 1.29 is 18.0 Å². The lowest BCUT2D eigenvalue weighted by Gasteiger charge is -2.10. The Kier molecular flexibility index (Phi) is 6.71. The number of imidazole rings is 1. The number of amides is 2. The van der Waals surface area contributed by atoms with Gasteiger partial charge in [0.2, 0.25) is 21.8 Å². The van der Waals surface area contributed by atoms with Crippen LogP contribution in [-0.4, -0.2) is 36.3 Å². The third kappa shape index (κ3) is 5.47. The van der Waals surface area contributed by atoms with E-state index in [0.717, 1.165) is 22.2 Å². The Balaban J connectivity index is 1.45. The molecule has 0 saturated carbocycles. The molecular weight excluding hydrogens is 418 g/mol. The smallest absolute Gasteiger partial charge is 0.245 e. The fourth-order valence-electron chi connectivity index (χ4n) is 3.01. The number of aryl methyl sites for hydroxylation is 3. The molecule has 0 aliphatic heterocycles. The van der Waals surface area contributed by atoms with Crippen LogP contribution < -0.4 is 15.6 Å². The first-order chi connectivity index (χ1) is 14.7. The third-order valence-corrected chi connectivity index (χ3v) is 6.43. The van der Waals surface area contributed by atoms with E-state index >= 15 is 0 Å². The number of nitrogens with zero attached hydrogens (tertiary/aromatic N) is 2. The highest BCUT2D eigenvalue weighted by molar-refractivity contribution is 7.89. The summed E-state index contributed by atoms with van der Waals surface area (Å²) in [6.45, 7) is 3.63. The van der Waals surface area contributed by atoms with Crippen molar-refractivity contribution in [1.82, 2.24) is 25.1 Å². The second-order valence-corrected chi connectivity index (χ2v) is 9.01. The summed E-state index contributed by atoms with van der Waals surface area (Å²) in [5.41, 5.74) is 8.17. The molecule has 1 aromatic heterocycles. The zero-order chi connectivity index (χ0) is 22.6. The first kappa shape index (κ1) is 22.4. The number of rotatable bonds is 7. The Hall–Kier alpha value is -3.24. The molecule has 0 radical (unpaired) electrons. The fraction of sp³-hybridized carbons (Fsp3) is 0.286. The van der Waals surface area contributed by atoms with E-state index in [-0.39, 0.29) is 24.3 Å². The lowest BCUT2D eigenvalue weighted by Crippen LogP contribution is -2.43. The van der Waals surface area contributed by atoms with Crippen molar-refractivity contribution in [2.75, 3.05) is 6.54 Å². The van der Waals surface area contributed by atoms with Crippen LogP contribution in [0.25, 0.3) is 11.0 Å². The minimum absolute atomic E-state index is 0.00906. The number of fused-ring (bicyclic) bond motifs is 1. The summed E-state index contributed by atoms with van der Waals surface area (Å²) >= 11 is 0. The van der Waals surface area contributed by atoms with Gasteiger partial charge in [-0.05, 0) is 49.2 Å². The predicted octanol–water partition coefficient (Wildman–Crippen LogP) is 1.25. The van der Waals surface area contributed by atoms with E-state index in [9.17, 15) is 18.0 Å². The van der Waals surface area contributed by atoms with Gasteiger partial charge in [0.1, 0.15) is 5.82 Å². The zero-order valence-electron chi connectivity index (χ0n) is 17.6. The summed E-state index contributed by atoms with van der Waals surface area (Å²) in [6, 6.07) is 12.4. The Morgan fingerprint density at radius 2 is 1.71 bits per heavy atom. The molecule has 0 aliphatic rings. The van der Waals surface area contributed by atoms with Crippen LogP contribution in [0.5, 0.6) is 0 Å². The zero-order valence-corrected chi connectivity index (χ0v) is 18.4. The summed E-state index contributed by atoms with van der Waals surface area (Å²) < 4.78 is 28.9. The molecule has 9 nitrogen and oxygen atoms in total. The van der Waals surface area contributed by atoms with Crippen LogP contribution in [0.2, 0.25) is 0 Å². The number of hydrazine groups is 1. The Bertz CT molecular complexity index is 1230. The Labute approximate surface area is 180 Å². The van der Waals surface area contributed by atoms with Gasteiger partial charge in [0.25, 0.3) is 0 Å². The van der Waals surface area contributed by atoms with E-state index in [1.54, 1.807) is 12.1 Å². The van der Waals surface area contributed by atoms with Crippen molar-refractivity contribution in [3.63, 3.8) is 0 Å². The lowest BCUT2D eigenvalue weighted by atomic mass is 10.1. The van der Waals surface area contributed by atoms with Gasteiger partial charge in [0.05, 0.1) is 22.3 Å². The van der Waals surface area contributed by atoms with Crippen molar-refractivity contribution in [2.45, 2.75) is 31.6 Å². The average molecular weight is 444 g/mol. The van der Waals surface area contributed by atoms with Gasteiger partial charge < -0.3 is 4.57 Å². The van der Waals surface area contributed by atoms with Gasteiger partial charge in [0, 0.05) is 20.0 Å². The largest absolute Gasteiger partial charge is 0.331 e. The van der Waals surface area contributed by atoms with E-state index < -0.39 is 21.8 Å². The van der Waals surface area contributed by atoms with Crippen LogP contribution in [0.4, 0.5) is 0 Å². The fourth-order valence-corrected chi connectivity index (χ4v) is 4.12. The van der Waals surface area contributed by atoms with Crippen LogP contribution in [0.3, 0.4) is 0 Å². The van der Waals surface area contributed by atoms with Gasteiger partial charge in [-0.1, -0.05) is 18.2 Å². The maximum atomic E-state index is 12.3. The number of para-hydroxylation sites is 2. The number of carbonyl (C=O) groups excluding carboxylic acids is 2. The number of sulfonamides is 1. The lowest BCUT2D eigenvalue weighted by molar-refractivity contribution is -0.128. The first-order valence-corrected chi connectivity index (χ1v) is 11.2. The molecular formula is C21H25N5O4S. The van der Waals surface area contributed by atoms with Crippen molar-refractivity contribution in [3.8, 4) is 0 Å². The standard InChI is InChI=1S/C21H25N5O4S/c1-14-8-9-16(12-15(14)2)31(29,30)22-11-10-20(27)24-25-21(28)13-19-23-17-6-4-5-7-18(17)26(19)3/h4-9,12,22H,10-11,13H2,1-3H3,(H,24,27)(H,25,28). The van der Waals surface area contributed by atoms with E-state index in [1.165, 1.54) is 6.07 Å². The second-order valence-electron chi connectivity index (χ2n) is 7.24. The van der Waals surface area contributed by atoms with E-state index in [1.807, 2.05) is 49.7 Å². The van der Waals surface area contributed by atoms with Gasteiger partial charge in [-0.15, -0.1) is 0 Å². The predicted molar refractivity (Wildman–Crippen MR) is 116 cm³/mol. The molecule has 1 heterocycles. The minimum atomic E-state index is -3.71. The van der Waals surface area contributed by atoms with Crippen LogP contribution in [0, 0.1) is 13.8 Å². The molecule has 0 unspecified atom stereocenters. The third-order valence-electron chi connectivity index (χ3n) is 4.97. The van der Waals surface area contributed by atoms with Crippen LogP contribution in [0.15, 0.2) is 47.4 Å². The molecule has 0 aliphatic carbocycles. The van der Waals surface area contributed by atoms with Crippen LogP contribution in [0.1, 0.15) is 23.4 Å². The van der Waals surface area contributed by atoms with Crippen LogP contribution >= 0.6 is 0 Å². The first-order valence-electron chi connectivity index (χ1n) is 9.72. The van der Waals surface area contributed by atoms with E-state index in [0.29, 0.717) is 5.82 Å². The van der Waals surface area contributed by atoms with Crippen molar-refractivity contribution >= 4 is 32.9 Å². The number of hydrogen-bond donors (Lipinski definition) is 3. The summed E-state index contributed by atoms with van der Waals surface area (Å²) in [4.78, 5) is 28.6. The highest BCUT2D eigenvalue weighted by Crippen LogP contribution is 2.15. The number of hydrogen-bond acceptors (Lipinski definition) is 5. The topological polar surface area (TPSA) is 122 Å². The van der Waals surface area contributed by atoms with Crippen molar-refractivity contribution in [3.05, 3.63) is 59.4 Å². The monoisotopic (exact) mass is 443 g/mol. The minimum Gasteiger partial charge on any atom is -0.331 e. The molecule has 10 heteroatoms. The van der Waals surface area contributed by atoms with Gasteiger partial charge in [-0.25, -0.2) is 18.1 Å². The molecule has 0 spiro atoms. The number of benzene rings is 2. The molecule has 3 rings (SSSR count). The SMILES string of the molecule is Cc1ccc(S(=O)(=O)NCCC(=O)NNC(=O)Cc2nc3ccccc3n2C)cc1C. The number of nitrogens with one attached hydrogen (secondary N) is 3. The Morgan fingerprint density at radius 3 is 2.42 bits per heavy atom. The van der Waals surface area contributed by atoms with Gasteiger partial charge in [-0.3, -0.25) is 20.4 Å². The summed E-state index contributed by atoms with van der Waals surface area (Å²) in [7, 11) is -1.90.